The van der Waals surface area contributed by atoms with Crippen LogP contribution in [0.5, 0.6) is 0 Å². The Morgan fingerprint density at radius 1 is 1.35 bits per heavy atom. The summed E-state index contributed by atoms with van der Waals surface area (Å²) in [7, 11) is 0. The van der Waals surface area contributed by atoms with Crippen LogP contribution < -0.4 is 5.73 Å². The number of thioether (sulfide) groups is 1. The first-order chi connectivity index (χ1) is 9.49. The minimum Gasteiger partial charge on any atom is -0.398 e. The SMILES string of the molecule is Nc1cc(Cl)ccc1SCc1cccc([N+](=O)[O-])c1F. The number of anilines is 1. The molecule has 4 nitrogen and oxygen atoms in total. The third-order valence-electron chi connectivity index (χ3n) is 2.61. The molecule has 0 atom stereocenters. The number of halogens is 2. The van der Waals surface area contributed by atoms with Crippen molar-refractivity contribution in [3.63, 3.8) is 0 Å². The molecular weight excluding hydrogens is 303 g/mol. The largest absolute Gasteiger partial charge is 0.398 e. The van der Waals surface area contributed by atoms with Crippen LogP contribution in [0.4, 0.5) is 15.8 Å². The smallest absolute Gasteiger partial charge is 0.305 e. The van der Waals surface area contributed by atoms with Gasteiger partial charge in [0.25, 0.3) is 0 Å². The molecule has 2 N–H and O–H groups in total. The van der Waals surface area contributed by atoms with E-state index in [0.29, 0.717) is 10.7 Å². The molecule has 0 aliphatic rings. The van der Waals surface area contributed by atoms with Gasteiger partial charge in [-0.15, -0.1) is 11.8 Å². The molecule has 0 heterocycles. The normalized spacial score (nSPS) is 10.5. The summed E-state index contributed by atoms with van der Waals surface area (Å²) in [5.41, 5.74) is 6.03. The van der Waals surface area contributed by atoms with Crippen LogP contribution in [0.2, 0.25) is 5.02 Å². The van der Waals surface area contributed by atoms with Crippen molar-refractivity contribution in [1.29, 1.82) is 0 Å². The quantitative estimate of drug-likeness (QED) is 0.396. The first-order valence-corrected chi connectivity index (χ1v) is 6.95. The van der Waals surface area contributed by atoms with E-state index < -0.39 is 16.4 Å². The summed E-state index contributed by atoms with van der Waals surface area (Å²) in [6, 6.07) is 9.14. The number of nitrogens with zero attached hydrogens (tertiary/aromatic N) is 1. The van der Waals surface area contributed by atoms with E-state index in [0.717, 1.165) is 11.0 Å². The number of nitro benzene ring substituents is 1. The first-order valence-electron chi connectivity index (χ1n) is 5.58. The Morgan fingerprint density at radius 3 is 2.75 bits per heavy atom. The van der Waals surface area contributed by atoms with E-state index in [1.165, 1.54) is 23.9 Å². The molecule has 0 spiro atoms. The van der Waals surface area contributed by atoms with Gasteiger partial charge in [-0.3, -0.25) is 10.1 Å². The van der Waals surface area contributed by atoms with Crippen molar-refractivity contribution >= 4 is 34.7 Å². The highest BCUT2D eigenvalue weighted by atomic mass is 35.5. The maximum absolute atomic E-state index is 13.9. The van der Waals surface area contributed by atoms with Crippen molar-refractivity contribution in [2.24, 2.45) is 0 Å². The molecule has 0 saturated heterocycles. The fourth-order valence-electron chi connectivity index (χ4n) is 1.62. The number of nitrogen functional groups attached to an aromatic ring is 1. The van der Waals surface area contributed by atoms with Gasteiger partial charge in [-0.25, -0.2) is 0 Å². The topological polar surface area (TPSA) is 69.2 Å². The molecule has 104 valence electrons. The van der Waals surface area contributed by atoms with Gasteiger partial charge < -0.3 is 5.73 Å². The molecule has 0 unspecified atom stereocenters. The van der Waals surface area contributed by atoms with Crippen molar-refractivity contribution < 1.29 is 9.31 Å². The number of hydrogen-bond acceptors (Lipinski definition) is 4. The lowest BCUT2D eigenvalue weighted by Gasteiger charge is -2.06. The summed E-state index contributed by atoms with van der Waals surface area (Å²) in [4.78, 5) is 10.7. The Balaban J connectivity index is 2.19. The summed E-state index contributed by atoms with van der Waals surface area (Å²) in [6.07, 6.45) is 0. The second-order valence-corrected chi connectivity index (χ2v) is 5.43. The van der Waals surface area contributed by atoms with Crippen LogP contribution in [0.25, 0.3) is 0 Å². The highest BCUT2D eigenvalue weighted by molar-refractivity contribution is 7.98. The predicted octanol–water partition coefficient (Wildman–Crippen LogP) is 4.26. The van der Waals surface area contributed by atoms with Crippen LogP contribution in [0.15, 0.2) is 41.3 Å². The maximum atomic E-state index is 13.9. The molecule has 2 aromatic carbocycles. The van der Waals surface area contributed by atoms with Crippen molar-refractivity contribution in [3.05, 3.63) is 62.9 Å². The Kier molecular flexibility index (Phi) is 4.46. The average molecular weight is 313 g/mol. The van der Waals surface area contributed by atoms with Crippen LogP contribution >= 0.6 is 23.4 Å². The van der Waals surface area contributed by atoms with Gasteiger partial charge in [0.1, 0.15) is 0 Å². The van der Waals surface area contributed by atoms with Crippen molar-refractivity contribution in [2.45, 2.75) is 10.6 Å². The van der Waals surface area contributed by atoms with Gasteiger partial charge in [0.2, 0.25) is 5.82 Å². The first kappa shape index (κ1) is 14.6. The minimum absolute atomic E-state index is 0.249. The number of nitro groups is 1. The Morgan fingerprint density at radius 2 is 2.10 bits per heavy atom. The summed E-state index contributed by atoms with van der Waals surface area (Å²) in [6.45, 7) is 0. The molecule has 2 rings (SSSR count). The Hall–Kier alpha value is -1.79. The number of benzene rings is 2. The second kappa shape index (κ2) is 6.11. The zero-order chi connectivity index (χ0) is 14.7. The van der Waals surface area contributed by atoms with E-state index in [1.807, 2.05) is 0 Å². The van der Waals surface area contributed by atoms with Gasteiger partial charge in [0, 0.05) is 33.0 Å². The van der Waals surface area contributed by atoms with E-state index in [4.69, 9.17) is 17.3 Å². The second-order valence-electron chi connectivity index (χ2n) is 3.98. The lowest BCUT2D eigenvalue weighted by Crippen LogP contribution is -1.96. The summed E-state index contributed by atoms with van der Waals surface area (Å²) in [5.74, 6) is -0.558. The van der Waals surface area contributed by atoms with Gasteiger partial charge in [-0.2, -0.15) is 4.39 Å². The molecular formula is C13H10ClFN2O2S. The highest BCUT2D eigenvalue weighted by Crippen LogP contribution is 2.32. The third-order valence-corrected chi connectivity index (χ3v) is 3.98. The Bertz CT molecular complexity index is 667. The minimum atomic E-state index is -0.808. The van der Waals surface area contributed by atoms with Gasteiger partial charge in [-0.05, 0) is 18.2 Å². The highest BCUT2D eigenvalue weighted by Gasteiger charge is 2.17. The number of rotatable bonds is 4. The van der Waals surface area contributed by atoms with Gasteiger partial charge in [0.05, 0.1) is 4.92 Å². The Labute approximate surface area is 123 Å². The average Bonchev–Trinajstić information content (AvgIpc) is 2.39. The number of hydrogen-bond donors (Lipinski definition) is 1. The zero-order valence-corrected chi connectivity index (χ0v) is 11.7. The lowest BCUT2D eigenvalue weighted by atomic mass is 10.2. The van der Waals surface area contributed by atoms with Crippen molar-refractivity contribution in [2.75, 3.05) is 5.73 Å². The molecule has 0 saturated carbocycles. The van der Waals surface area contributed by atoms with Crippen LogP contribution in [0.1, 0.15) is 5.56 Å². The zero-order valence-electron chi connectivity index (χ0n) is 10.2. The van der Waals surface area contributed by atoms with E-state index in [-0.39, 0.29) is 11.3 Å². The van der Waals surface area contributed by atoms with Gasteiger partial charge in [0.15, 0.2) is 0 Å². The van der Waals surface area contributed by atoms with Crippen molar-refractivity contribution in [3.8, 4) is 0 Å². The van der Waals surface area contributed by atoms with E-state index in [2.05, 4.69) is 0 Å². The molecule has 20 heavy (non-hydrogen) atoms. The molecule has 0 amide bonds. The van der Waals surface area contributed by atoms with Crippen molar-refractivity contribution in [1.82, 2.24) is 0 Å². The fraction of sp³-hybridized carbons (Fsp3) is 0.0769. The molecule has 0 aliphatic heterocycles. The summed E-state index contributed by atoms with van der Waals surface area (Å²) < 4.78 is 13.9. The lowest BCUT2D eigenvalue weighted by molar-refractivity contribution is -0.387. The molecule has 0 aromatic heterocycles. The van der Waals surface area contributed by atoms with Crippen LogP contribution in [0.3, 0.4) is 0 Å². The van der Waals surface area contributed by atoms with E-state index in [9.17, 15) is 14.5 Å². The molecule has 0 aliphatic carbocycles. The fourth-order valence-corrected chi connectivity index (χ4v) is 2.73. The van der Waals surface area contributed by atoms with Crippen LogP contribution in [0, 0.1) is 15.9 Å². The molecule has 7 heteroatoms. The molecule has 0 radical (unpaired) electrons. The molecule has 2 aromatic rings. The van der Waals surface area contributed by atoms with Gasteiger partial charge >= 0.3 is 5.69 Å². The summed E-state index contributed by atoms with van der Waals surface area (Å²) >= 11 is 7.09. The van der Waals surface area contributed by atoms with E-state index in [1.54, 1.807) is 18.2 Å². The van der Waals surface area contributed by atoms with Crippen LogP contribution in [-0.2, 0) is 5.75 Å². The standard InChI is InChI=1S/C13H10ClFN2O2S/c14-9-4-5-12(10(16)6-9)20-7-8-2-1-3-11(13(8)15)17(18)19/h1-6H,7,16H2. The molecule has 0 bridgehead atoms. The number of nitrogens with two attached hydrogens (primary N) is 1. The monoisotopic (exact) mass is 312 g/mol. The third kappa shape index (κ3) is 3.20. The predicted molar refractivity (Wildman–Crippen MR) is 78.5 cm³/mol. The summed E-state index contributed by atoms with van der Waals surface area (Å²) in [5, 5.41) is 11.2. The van der Waals surface area contributed by atoms with Crippen LogP contribution in [-0.4, -0.2) is 4.92 Å². The maximum Gasteiger partial charge on any atom is 0.305 e. The van der Waals surface area contributed by atoms with Gasteiger partial charge in [-0.1, -0.05) is 23.7 Å². The van der Waals surface area contributed by atoms with E-state index >= 15 is 0 Å². The molecule has 0 fully saturated rings.